The van der Waals surface area contributed by atoms with Crippen molar-refractivity contribution in [1.82, 2.24) is 4.98 Å². The molecule has 0 amide bonds. The van der Waals surface area contributed by atoms with Gasteiger partial charge in [0.25, 0.3) is 0 Å². The van der Waals surface area contributed by atoms with Crippen molar-refractivity contribution in [3.8, 4) is 11.1 Å². The van der Waals surface area contributed by atoms with Gasteiger partial charge in [-0.25, -0.2) is 0 Å². The number of nitrogens with two attached hydrogens (primary N) is 1. The van der Waals surface area contributed by atoms with Crippen molar-refractivity contribution in [2.75, 3.05) is 5.73 Å². The van der Waals surface area contributed by atoms with Crippen LogP contribution >= 0.6 is 0 Å². The Balaban J connectivity index is 2.20. The highest BCUT2D eigenvalue weighted by atomic mass is 19.4. The number of fused-ring (bicyclic) bond motifs is 1. The number of alkyl halides is 3. The molecule has 5 heteroatoms. The van der Waals surface area contributed by atoms with Crippen LogP contribution in [0, 0.1) is 0 Å². The van der Waals surface area contributed by atoms with E-state index in [0.29, 0.717) is 11.4 Å². The standard InChI is InChI=1S/C15H11F3N2/c16-15(17,18)12-4-2-1-3-11(12)9-5-6-13-10(7-9)8-14(19)20-13/h1-8,20H,19H2. The predicted molar refractivity (Wildman–Crippen MR) is 73.1 cm³/mol. The lowest BCUT2D eigenvalue weighted by molar-refractivity contribution is -0.137. The van der Waals surface area contributed by atoms with Gasteiger partial charge in [-0.05, 0) is 35.4 Å². The first kappa shape index (κ1) is 12.6. The van der Waals surface area contributed by atoms with E-state index in [1.54, 1.807) is 30.3 Å². The number of benzene rings is 2. The Morgan fingerprint density at radius 1 is 0.950 bits per heavy atom. The zero-order valence-electron chi connectivity index (χ0n) is 10.3. The molecule has 20 heavy (non-hydrogen) atoms. The number of H-pyrrole nitrogens is 1. The smallest absolute Gasteiger partial charge is 0.385 e. The molecule has 0 saturated carbocycles. The third-order valence-electron chi connectivity index (χ3n) is 3.19. The third-order valence-corrected chi connectivity index (χ3v) is 3.19. The highest BCUT2D eigenvalue weighted by molar-refractivity contribution is 5.88. The summed E-state index contributed by atoms with van der Waals surface area (Å²) in [6, 6.07) is 12.3. The normalized spacial score (nSPS) is 11.9. The van der Waals surface area contributed by atoms with Crippen LogP contribution in [0.3, 0.4) is 0 Å². The molecular weight excluding hydrogens is 265 g/mol. The summed E-state index contributed by atoms with van der Waals surface area (Å²) in [6.07, 6.45) is -4.37. The number of nitrogen functional groups attached to an aromatic ring is 1. The molecule has 1 aromatic heterocycles. The van der Waals surface area contributed by atoms with Crippen LogP contribution in [-0.4, -0.2) is 4.98 Å². The summed E-state index contributed by atoms with van der Waals surface area (Å²) in [5.74, 6) is 0.487. The number of aromatic nitrogens is 1. The second-order valence-electron chi connectivity index (χ2n) is 4.57. The van der Waals surface area contributed by atoms with Gasteiger partial charge < -0.3 is 10.7 Å². The molecule has 0 fully saturated rings. The summed E-state index contributed by atoms with van der Waals surface area (Å²) in [5.41, 5.74) is 6.49. The van der Waals surface area contributed by atoms with Crippen molar-refractivity contribution in [3.63, 3.8) is 0 Å². The van der Waals surface area contributed by atoms with Crippen molar-refractivity contribution in [3.05, 3.63) is 54.1 Å². The highest BCUT2D eigenvalue weighted by Crippen LogP contribution is 2.37. The molecule has 2 nitrogen and oxygen atoms in total. The minimum atomic E-state index is -4.37. The minimum absolute atomic E-state index is 0.168. The van der Waals surface area contributed by atoms with Crippen LogP contribution in [0.4, 0.5) is 19.0 Å². The SMILES string of the molecule is Nc1cc2cc(-c3ccccc3C(F)(F)F)ccc2[nH]1. The molecule has 3 N–H and O–H groups in total. The Bertz CT molecular complexity index is 772. The fourth-order valence-corrected chi connectivity index (χ4v) is 2.30. The number of hydrogen-bond acceptors (Lipinski definition) is 1. The van der Waals surface area contributed by atoms with Gasteiger partial charge in [-0.3, -0.25) is 0 Å². The summed E-state index contributed by atoms with van der Waals surface area (Å²) >= 11 is 0. The van der Waals surface area contributed by atoms with E-state index in [-0.39, 0.29) is 5.56 Å². The van der Waals surface area contributed by atoms with Crippen LogP contribution in [0.2, 0.25) is 0 Å². The van der Waals surface area contributed by atoms with E-state index in [1.807, 2.05) is 0 Å². The van der Waals surface area contributed by atoms with Gasteiger partial charge in [0.15, 0.2) is 0 Å². The number of nitrogens with one attached hydrogen (secondary N) is 1. The zero-order chi connectivity index (χ0) is 14.3. The number of anilines is 1. The summed E-state index contributed by atoms with van der Waals surface area (Å²) in [6.45, 7) is 0. The molecular formula is C15H11F3N2. The van der Waals surface area contributed by atoms with Crippen molar-refractivity contribution in [1.29, 1.82) is 0 Å². The van der Waals surface area contributed by atoms with Crippen molar-refractivity contribution in [2.24, 2.45) is 0 Å². The lowest BCUT2D eigenvalue weighted by atomic mass is 9.98. The number of hydrogen-bond donors (Lipinski definition) is 2. The van der Waals surface area contributed by atoms with E-state index < -0.39 is 11.7 Å². The maximum absolute atomic E-state index is 13.0. The van der Waals surface area contributed by atoms with E-state index in [2.05, 4.69) is 4.98 Å². The Labute approximate surface area is 113 Å². The highest BCUT2D eigenvalue weighted by Gasteiger charge is 2.33. The largest absolute Gasteiger partial charge is 0.417 e. The third kappa shape index (κ3) is 2.11. The van der Waals surface area contributed by atoms with Crippen LogP contribution in [0.15, 0.2) is 48.5 Å². The molecule has 0 unspecified atom stereocenters. The maximum atomic E-state index is 13.0. The summed E-state index contributed by atoms with van der Waals surface area (Å²) in [5, 5.41) is 0.789. The summed E-state index contributed by atoms with van der Waals surface area (Å²) < 4.78 is 39.1. The summed E-state index contributed by atoms with van der Waals surface area (Å²) in [7, 11) is 0. The van der Waals surface area contributed by atoms with Crippen LogP contribution < -0.4 is 5.73 Å². The molecule has 3 aromatic rings. The molecule has 3 rings (SSSR count). The Hall–Kier alpha value is -2.43. The van der Waals surface area contributed by atoms with E-state index in [4.69, 9.17) is 5.73 Å². The van der Waals surface area contributed by atoms with Gasteiger partial charge in [-0.15, -0.1) is 0 Å². The molecule has 0 atom stereocenters. The van der Waals surface area contributed by atoms with Gasteiger partial charge in [0, 0.05) is 10.9 Å². The Morgan fingerprint density at radius 2 is 1.70 bits per heavy atom. The van der Waals surface area contributed by atoms with Gasteiger partial charge in [0.2, 0.25) is 0 Å². The van der Waals surface area contributed by atoms with E-state index in [9.17, 15) is 13.2 Å². The van der Waals surface area contributed by atoms with Crippen molar-refractivity contribution >= 4 is 16.7 Å². The molecule has 0 aliphatic rings. The van der Waals surface area contributed by atoms with Crippen LogP contribution in [0.1, 0.15) is 5.56 Å². The molecule has 1 heterocycles. The number of rotatable bonds is 1. The van der Waals surface area contributed by atoms with Gasteiger partial charge >= 0.3 is 6.18 Å². The first-order valence-electron chi connectivity index (χ1n) is 6.00. The topological polar surface area (TPSA) is 41.8 Å². The lowest BCUT2D eigenvalue weighted by Crippen LogP contribution is -2.06. The predicted octanol–water partition coefficient (Wildman–Crippen LogP) is 4.44. The van der Waals surface area contributed by atoms with Crippen LogP contribution in [-0.2, 0) is 6.18 Å². The second kappa shape index (κ2) is 4.30. The van der Waals surface area contributed by atoms with Crippen molar-refractivity contribution < 1.29 is 13.2 Å². The average Bonchev–Trinajstić information content (AvgIpc) is 2.76. The van der Waals surface area contributed by atoms with Crippen LogP contribution in [0.25, 0.3) is 22.0 Å². The average molecular weight is 276 g/mol. The van der Waals surface area contributed by atoms with Gasteiger partial charge in [0.05, 0.1) is 5.56 Å². The molecule has 0 aliphatic carbocycles. The zero-order valence-corrected chi connectivity index (χ0v) is 10.3. The Kier molecular flexibility index (Phi) is 2.71. The van der Waals surface area contributed by atoms with Crippen LogP contribution in [0.5, 0.6) is 0 Å². The summed E-state index contributed by atoms with van der Waals surface area (Å²) in [4.78, 5) is 2.94. The first-order valence-corrected chi connectivity index (χ1v) is 6.00. The molecule has 2 aromatic carbocycles. The van der Waals surface area contributed by atoms with E-state index >= 15 is 0 Å². The van der Waals surface area contributed by atoms with Crippen molar-refractivity contribution in [2.45, 2.75) is 6.18 Å². The van der Waals surface area contributed by atoms with Gasteiger partial charge in [-0.2, -0.15) is 13.2 Å². The maximum Gasteiger partial charge on any atom is 0.417 e. The van der Waals surface area contributed by atoms with E-state index in [1.165, 1.54) is 12.1 Å². The quantitative estimate of drug-likeness (QED) is 0.678. The Morgan fingerprint density at radius 3 is 2.45 bits per heavy atom. The number of halogens is 3. The molecule has 0 saturated heterocycles. The lowest BCUT2D eigenvalue weighted by Gasteiger charge is -2.12. The first-order chi connectivity index (χ1) is 9.45. The minimum Gasteiger partial charge on any atom is -0.385 e. The second-order valence-corrected chi connectivity index (χ2v) is 4.57. The molecule has 102 valence electrons. The molecule has 0 bridgehead atoms. The fourth-order valence-electron chi connectivity index (χ4n) is 2.30. The molecule has 0 radical (unpaired) electrons. The monoisotopic (exact) mass is 276 g/mol. The van der Waals surface area contributed by atoms with Gasteiger partial charge in [-0.1, -0.05) is 24.3 Å². The molecule has 0 aliphatic heterocycles. The van der Waals surface area contributed by atoms with Gasteiger partial charge in [0.1, 0.15) is 5.82 Å². The number of aromatic amines is 1. The molecule has 0 spiro atoms. The van der Waals surface area contributed by atoms with E-state index in [0.717, 1.165) is 17.0 Å². The fraction of sp³-hybridized carbons (Fsp3) is 0.0667.